The molecular formula is C25H30Cl2N4O2. The van der Waals surface area contributed by atoms with Gasteiger partial charge in [-0.25, -0.2) is 5.01 Å². The summed E-state index contributed by atoms with van der Waals surface area (Å²) in [5.41, 5.74) is 5.33. The predicted molar refractivity (Wildman–Crippen MR) is 134 cm³/mol. The van der Waals surface area contributed by atoms with Crippen molar-refractivity contribution in [3.8, 4) is 5.75 Å². The van der Waals surface area contributed by atoms with Gasteiger partial charge < -0.3 is 4.74 Å². The van der Waals surface area contributed by atoms with Crippen LogP contribution in [0, 0.1) is 5.92 Å². The molecule has 2 aliphatic rings. The lowest BCUT2D eigenvalue weighted by atomic mass is 9.91. The minimum absolute atomic E-state index is 0.153. The van der Waals surface area contributed by atoms with Crippen molar-refractivity contribution in [1.29, 1.82) is 0 Å². The van der Waals surface area contributed by atoms with Crippen LogP contribution in [-0.2, 0) is 4.79 Å². The fourth-order valence-electron chi connectivity index (χ4n) is 4.54. The summed E-state index contributed by atoms with van der Waals surface area (Å²) in [7, 11) is 1.64. The number of rotatable bonds is 5. The number of hydrogen-bond acceptors (Lipinski definition) is 5. The molecule has 0 aliphatic carbocycles. The van der Waals surface area contributed by atoms with Crippen LogP contribution in [0.5, 0.6) is 5.75 Å². The Bertz CT molecular complexity index is 1000. The fraction of sp³-hybridized carbons (Fsp3) is 0.440. The molecule has 0 aromatic heterocycles. The number of nitrogens with zero attached hydrogens (tertiary/aromatic N) is 3. The molecule has 0 radical (unpaired) electrons. The van der Waals surface area contributed by atoms with Gasteiger partial charge in [0.2, 0.25) is 0 Å². The minimum Gasteiger partial charge on any atom is -0.497 e. The van der Waals surface area contributed by atoms with Crippen LogP contribution in [0.25, 0.3) is 0 Å². The Morgan fingerprint density at radius 3 is 2.33 bits per heavy atom. The first-order valence-corrected chi connectivity index (χ1v) is 12.3. The van der Waals surface area contributed by atoms with Crippen molar-refractivity contribution >= 4 is 40.5 Å². The molecule has 0 bridgehead atoms. The summed E-state index contributed by atoms with van der Waals surface area (Å²) in [5, 5.41) is 9.71. The SMILES string of the molecule is COc1ccc([C@@H]2[C@H](C)C(C(=O)NN3CCCCCCC3)=NN2c2ccc(Cl)cc2Cl)cc1. The van der Waals surface area contributed by atoms with Gasteiger partial charge in [-0.2, -0.15) is 5.10 Å². The van der Waals surface area contributed by atoms with Gasteiger partial charge in [0.25, 0.3) is 5.91 Å². The van der Waals surface area contributed by atoms with E-state index >= 15 is 0 Å². The summed E-state index contributed by atoms with van der Waals surface area (Å²) in [4.78, 5) is 13.3. The topological polar surface area (TPSA) is 57.2 Å². The quantitative estimate of drug-likeness (QED) is 0.572. The van der Waals surface area contributed by atoms with Gasteiger partial charge in [0.05, 0.1) is 23.9 Å². The number of carbonyl (C=O) groups excluding carboxylic acids is 1. The average Bonchev–Trinajstić information content (AvgIpc) is 3.12. The monoisotopic (exact) mass is 488 g/mol. The first kappa shape index (κ1) is 23.9. The Balaban J connectivity index is 1.64. The van der Waals surface area contributed by atoms with Crippen molar-refractivity contribution in [3.05, 3.63) is 58.1 Å². The molecule has 2 aromatic rings. The summed E-state index contributed by atoms with van der Waals surface area (Å²) in [6, 6.07) is 13.0. The lowest BCUT2D eigenvalue weighted by Gasteiger charge is -2.28. The molecule has 0 spiro atoms. The molecule has 2 aliphatic heterocycles. The molecule has 33 heavy (non-hydrogen) atoms. The number of halogens is 2. The largest absolute Gasteiger partial charge is 0.497 e. The van der Waals surface area contributed by atoms with E-state index in [0.717, 1.165) is 37.2 Å². The number of benzene rings is 2. The molecule has 6 nitrogen and oxygen atoms in total. The van der Waals surface area contributed by atoms with E-state index in [1.807, 2.05) is 47.3 Å². The second-order valence-corrected chi connectivity index (χ2v) is 9.47. The Morgan fingerprint density at radius 2 is 1.70 bits per heavy atom. The van der Waals surface area contributed by atoms with Gasteiger partial charge in [-0.05, 0) is 48.7 Å². The molecule has 1 amide bonds. The van der Waals surface area contributed by atoms with Crippen LogP contribution < -0.4 is 15.2 Å². The number of hydrazine groups is 1. The lowest BCUT2D eigenvalue weighted by molar-refractivity contribution is -0.119. The highest BCUT2D eigenvalue weighted by Crippen LogP contribution is 2.42. The molecule has 2 heterocycles. The third kappa shape index (κ3) is 5.45. The summed E-state index contributed by atoms with van der Waals surface area (Å²) >= 11 is 12.7. The van der Waals surface area contributed by atoms with Crippen LogP contribution in [0.3, 0.4) is 0 Å². The molecule has 0 saturated carbocycles. The summed E-state index contributed by atoms with van der Waals surface area (Å²) in [6.45, 7) is 3.76. The standard InChI is InChI=1S/C25H30Cl2N4O2/c1-17-23(25(32)29-30-14-6-4-3-5-7-15-30)28-31(22-13-10-19(26)16-21(22)27)24(17)18-8-11-20(33-2)12-9-18/h8-13,16-17,24H,3-7,14-15H2,1-2H3,(H,29,32)/t17-,24+/m1/s1. The Morgan fingerprint density at radius 1 is 1.03 bits per heavy atom. The molecule has 0 unspecified atom stereocenters. The fourth-order valence-corrected chi connectivity index (χ4v) is 5.04. The molecule has 1 N–H and O–H groups in total. The molecule has 2 atom stereocenters. The molecule has 176 valence electrons. The molecular weight excluding hydrogens is 459 g/mol. The zero-order valence-corrected chi connectivity index (χ0v) is 20.6. The van der Waals surface area contributed by atoms with E-state index in [1.165, 1.54) is 19.3 Å². The smallest absolute Gasteiger partial charge is 0.282 e. The molecule has 2 aromatic carbocycles. The second-order valence-electron chi connectivity index (χ2n) is 8.63. The van der Waals surface area contributed by atoms with Gasteiger partial charge in [0.15, 0.2) is 0 Å². The van der Waals surface area contributed by atoms with Crippen LogP contribution in [0.15, 0.2) is 47.6 Å². The molecule has 1 saturated heterocycles. The Hall–Kier alpha value is -2.28. The van der Waals surface area contributed by atoms with Crippen LogP contribution in [0.2, 0.25) is 10.0 Å². The second kappa shape index (κ2) is 10.8. The van der Waals surface area contributed by atoms with Crippen molar-refractivity contribution in [1.82, 2.24) is 10.4 Å². The first-order chi connectivity index (χ1) is 16.0. The number of ether oxygens (including phenoxy) is 1. The maximum Gasteiger partial charge on any atom is 0.282 e. The number of carbonyl (C=O) groups is 1. The number of anilines is 1. The molecule has 4 rings (SSSR count). The summed E-state index contributed by atoms with van der Waals surface area (Å²) < 4.78 is 5.32. The predicted octanol–water partition coefficient (Wildman–Crippen LogP) is 5.85. The van der Waals surface area contributed by atoms with Crippen molar-refractivity contribution in [2.24, 2.45) is 11.0 Å². The zero-order valence-electron chi connectivity index (χ0n) is 19.1. The van der Waals surface area contributed by atoms with Crippen molar-refractivity contribution in [2.75, 3.05) is 25.2 Å². The normalized spacial score (nSPS) is 21.8. The van der Waals surface area contributed by atoms with E-state index in [2.05, 4.69) is 5.43 Å². The van der Waals surface area contributed by atoms with Crippen molar-refractivity contribution in [3.63, 3.8) is 0 Å². The number of hydrazone groups is 1. The van der Waals surface area contributed by atoms with Gasteiger partial charge >= 0.3 is 0 Å². The highest BCUT2D eigenvalue weighted by Gasteiger charge is 2.40. The third-order valence-electron chi connectivity index (χ3n) is 6.35. The molecule has 8 heteroatoms. The average molecular weight is 489 g/mol. The maximum absolute atomic E-state index is 13.3. The van der Waals surface area contributed by atoms with Gasteiger partial charge in [0.1, 0.15) is 11.5 Å². The van der Waals surface area contributed by atoms with Gasteiger partial charge in [-0.1, -0.05) is 61.5 Å². The van der Waals surface area contributed by atoms with E-state index in [-0.39, 0.29) is 17.9 Å². The van der Waals surface area contributed by atoms with Gasteiger partial charge in [-0.3, -0.25) is 15.2 Å². The van der Waals surface area contributed by atoms with E-state index in [1.54, 1.807) is 19.2 Å². The van der Waals surface area contributed by atoms with Crippen LogP contribution >= 0.6 is 23.2 Å². The number of hydrogen-bond donors (Lipinski definition) is 1. The Labute approximate surface area is 205 Å². The van der Waals surface area contributed by atoms with Crippen LogP contribution in [-0.4, -0.2) is 36.8 Å². The zero-order chi connectivity index (χ0) is 23.4. The molecule has 1 fully saturated rings. The number of amides is 1. The Kier molecular flexibility index (Phi) is 7.78. The highest BCUT2D eigenvalue weighted by molar-refractivity contribution is 6.41. The number of methoxy groups -OCH3 is 1. The lowest BCUT2D eigenvalue weighted by Crippen LogP contribution is -2.47. The van der Waals surface area contributed by atoms with Crippen LogP contribution in [0.1, 0.15) is 50.6 Å². The van der Waals surface area contributed by atoms with Gasteiger partial charge in [0, 0.05) is 24.0 Å². The third-order valence-corrected chi connectivity index (χ3v) is 6.88. The van der Waals surface area contributed by atoms with E-state index in [0.29, 0.717) is 21.4 Å². The number of nitrogens with one attached hydrogen (secondary N) is 1. The van der Waals surface area contributed by atoms with Crippen molar-refractivity contribution < 1.29 is 9.53 Å². The minimum atomic E-state index is -0.192. The summed E-state index contributed by atoms with van der Waals surface area (Å²) in [6.07, 6.45) is 5.84. The van der Waals surface area contributed by atoms with E-state index < -0.39 is 0 Å². The van der Waals surface area contributed by atoms with Crippen molar-refractivity contribution in [2.45, 2.75) is 45.1 Å². The van der Waals surface area contributed by atoms with E-state index in [9.17, 15) is 4.79 Å². The van der Waals surface area contributed by atoms with E-state index in [4.69, 9.17) is 33.0 Å². The van der Waals surface area contributed by atoms with Gasteiger partial charge in [-0.15, -0.1) is 0 Å². The highest BCUT2D eigenvalue weighted by atomic mass is 35.5. The summed E-state index contributed by atoms with van der Waals surface area (Å²) in [5.74, 6) is 0.463. The van der Waals surface area contributed by atoms with Crippen LogP contribution in [0.4, 0.5) is 5.69 Å². The maximum atomic E-state index is 13.3. The first-order valence-electron chi connectivity index (χ1n) is 11.5.